The predicted molar refractivity (Wildman–Crippen MR) is 39.0 cm³/mol. The van der Waals surface area contributed by atoms with Crippen LogP contribution >= 0.6 is 0 Å². The van der Waals surface area contributed by atoms with E-state index >= 15 is 0 Å². The Kier molecular flexibility index (Phi) is 4.54. The Morgan fingerprint density at radius 3 is 2.70 bits per heavy atom. The molecule has 0 aromatic carbocycles. The number of carbonyl (C=O) groups is 1. The molecule has 0 aliphatic heterocycles. The topological polar surface area (TPSA) is 43.4 Å². The molecule has 0 spiro atoms. The number of esters is 1. The maximum Gasteiger partial charge on any atom is 0.342 e. The molecular weight excluding hydrogens is 152 g/mol. The van der Waals surface area contributed by atoms with Gasteiger partial charge in [-0.3, -0.25) is 0 Å². The van der Waals surface area contributed by atoms with Gasteiger partial charge in [0.15, 0.2) is 0 Å². The van der Waals surface area contributed by atoms with Crippen LogP contribution in [0.4, 0.5) is 0 Å². The summed E-state index contributed by atoms with van der Waals surface area (Å²) >= 11 is 0.126. The van der Waals surface area contributed by atoms with Gasteiger partial charge in [-0.2, -0.15) is 0 Å². The lowest BCUT2D eigenvalue weighted by molar-refractivity contribution is -0.138. The third-order valence-corrected chi connectivity index (χ3v) is 1.17. The van der Waals surface area contributed by atoms with Crippen molar-refractivity contribution in [3.63, 3.8) is 0 Å². The van der Waals surface area contributed by atoms with E-state index < -0.39 is 5.97 Å². The zero-order valence-corrected chi connectivity index (χ0v) is 6.66. The van der Waals surface area contributed by atoms with E-state index in [9.17, 15) is 9.00 Å². The summed E-state index contributed by atoms with van der Waals surface area (Å²) in [7, 11) is 0. The van der Waals surface area contributed by atoms with Crippen LogP contribution in [0.5, 0.6) is 0 Å². The fourth-order valence-corrected chi connectivity index (χ4v) is 0.552. The molecule has 0 bridgehead atoms. The third-order valence-electron chi connectivity index (χ3n) is 0.776. The van der Waals surface area contributed by atoms with Gasteiger partial charge < -0.3 is 4.74 Å². The highest BCUT2D eigenvalue weighted by molar-refractivity contribution is 7.64. The molecule has 0 saturated carbocycles. The molecule has 3 nitrogen and oxygen atoms in total. The lowest BCUT2D eigenvalue weighted by atomic mass is 10.4. The van der Waals surface area contributed by atoms with Gasteiger partial charge in [0.1, 0.15) is 11.3 Å². The van der Waals surface area contributed by atoms with E-state index in [1.807, 2.05) is 0 Å². The van der Waals surface area contributed by atoms with Crippen molar-refractivity contribution in [1.82, 2.24) is 0 Å². The van der Waals surface area contributed by atoms with Crippen molar-refractivity contribution in [1.29, 1.82) is 0 Å². The fraction of sp³-hybridized carbons (Fsp3) is 0.500. The van der Waals surface area contributed by atoms with Gasteiger partial charge in [-0.25, -0.2) is 9.00 Å². The highest BCUT2D eigenvalue weighted by atomic mass is 32.1. The van der Waals surface area contributed by atoms with Crippen molar-refractivity contribution in [2.75, 3.05) is 6.61 Å². The Bertz CT molecular complexity index is 209. The lowest BCUT2D eigenvalue weighted by Crippen LogP contribution is -2.05. The van der Waals surface area contributed by atoms with Gasteiger partial charge in [-0.1, -0.05) is 0 Å². The van der Waals surface area contributed by atoms with Crippen LogP contribution in [-0.2, 0) is 20.8 Å². The summed E-state index contributed by atoms with van der Waals surface area (Å²) in [4.78, 5) is 10.7. The van der Waals surface area contributed by atoms with Crippen LogP contribution in [-0.4, -0.2) is 21.8 Å². The van der Waals surface area contributed by atoms with Crippen molar-refractivity contribution < 1.29 is 13.7 Å². The molecule has 0 aliphatic carbocycles. The molecule has 0 aliphatic rings. The summed E-state index contributed by atoms with van der Waals surface area (Å²) in [6.45, 7) is 3.51. The normalized spacial score (nSPS) is 7.80. The third kappa shape index (κ3) is 3.22. The van der Waals surface area contributed by atoms with Gasteiger partial charge >= 0.3 is 5.97 Å². The van der Waals surface area contributed by atoms with Crippen molar-refractivity contribution in [2.24, 2.45) is 0 Å². The maximum atomic E-state index is 10.7. The average molecular weight is 160 g/mol. The Hall–Kier alpha value is -0.860. The van der Waals surface area contributed by atoms with E-state index in [-0.39, 0.29) is 16.8 Å². The molecule has 10 heavy (non-hydrogen) atoms. The maximum absolute atomic E-state index is 10.7. The van der Waals surface area contributed by atoms with Gasteiger partial charge in [0.2, 0.25) is 0 Å². The Balaban J connectivity index is 4.22. The molecule has 0 unspecified atom stereocenters. The first-order chi connectivity index (χ1) is 4.72. The molecule has 0 fully saturated rings. The minimum Gasteiger partial charge on any atom is -0.462 e. The van der Waals surface area contributed by atoms with E-state index in [0.717, 1.165) is 0 Å². The van der Waals surface area contributed by atoms with Crippen LogP contribution in [0, 0.1) is 0 Å². The van der Waals surface area contributed by atoms with Crippen molar-refractivity contribution in [3.05, 3.63) is 5.57 Å². The van der Waals surface area contributed by atoms with Gasteiger partial charge in [-0.05, 0) is 18.9 Å². The summed E-state index contributed by atoms with van der Waals surface area (Å²) in [6.07, 6.45) is 0. The van der Waals surface area contributed by atoms with Crippen LogP contribution in [0.25, 0.3) is 0 Å². The second kappa shape index (κ2) is 4.97. The molecule has 0 rings (SSSR count). The number of carbonyl (C=O) groups excluding carboxylic acids is 1. The molecule has 0 aromatic rings. The van der Waals surface area contributed by atoms with Crippen LogP contribution in [0.2, 0.25) is 0 Å². The monoisotopic (exact) mass is 160 g/mol. The first-order valence-electron chi connectivity index (χ1n) is 2.77. The smallest absolute Gasteiger partial charge is 0.342 e. The van der Waals surface area contributed by atoms with Crippen LogP contribution in [0.3, 0.4) is 0 Å². The standard InChI is InChI=1S/C6H8O3S/c1-3-9-6(7)5(2)4-10-8/h3H2,1-2H3. The Morgan fingerprint density at radius 1 is 1.70 bits per heavy atom. The van der Waals surface area contributed by atoms with Gasteiger partial charge in [0.25, 0.3) is 0 Å². The molecule has 0 saturated heterocycles. The second-order valence-corrected chi connectivity index (χ2v) is 1.90. The highest BCUT2D eigenvalue weighted by Crippen LogP contribution is 1.88. The van der Waals surface area contributed by atoms with Crippen molar-refractivity contribution >= 4 is 22.2 Å². The largest absolute Gasteiger partial charge is 0.462 e. The molecular formula is C6H8O3S. The minimum absolute atomic E-state index is 0.126. The zero-order chi connectivity index (χ0) is 7.98. The zero-order valence-electron chi connectivity index (χ0n) is 5.84. The molecule has 0 amide bonds. The minimum atomic E-state index is -0.481. The SMILES string of the molecule is CCOC(=O)C(C)=C=S=O. The van der Waals surface area contributed by atoms with E-state index in [1.165, 1.54) is 6.92 Å². The number of hydrogen-bond acceptors (Lipinski definition) is 3. The molecule has 0 radical (unpaired) electrons. The summed E-state index contributed by atoms with van der Waals surface area (Å²) < 4.78 is 14.4. The first kappa shape index (κ1) is 9.14. The summed E-state index contributed by atoms with van der Waals surface area (Å²) in [5, 5.41) is 2.23. The first-order valence-corrected chi connectivity index (χ1v) is 3.52. The van der Waals surface area contributed by atoms with Crippen molar-refractivity contribution in [3.8, 4) is 0 Å². The summed E-state index contributed by atoms with van der Waals surface area (Å²) in [5.41, 5.74) is 0.224. The quantitative estimate of drug-likeness (QED) is 0.327. The van der Waals surface area contributed by atoms with Gasteiger partial charge in [0, 0.05) is 0 Å². The molecule has 0 aromatic heterocycles. The number of hydrogen-bond donors (Lipinski definition) is 0. The summed E-state index contributed by atoms with van der Waals surface area (Å²) in [6, 6.07) is 0. The highest BCUT2D eigenvalue weighted by Gasteiger charge is 2.01. The van der Waals surface area contributed by atoms with E-state index in [2.05, 4.69) is 9.76 Å². The van der Waals surface area contributed by atoms with E-state index in [4.69, 9.17) is 0 Å². The molecule has 0 atom stereocenters. The predicted octanol–water partition coefficient (Wildman–Crippen LogP) is 0.110. The molecule has 4 heteroatoms. The van der Waals surface area contributed by atoms with Crippen LogP contribution < -0.4 is 0 Å². The molecule has 56 valence electrons. The number of rotatable bonds is 2. The second-order valence-electron chi connectivity index (χ2n) is 1.53. The summed E-state index contributed by atoms with van der Waals surface area (Å²) in [5.74, 6) is -0.481. The number of ether oxygens (including phenoxy) is 1. The van der Waals surface area contributed by atoms with Crippen LogP contribution in [0.15, 0.2) is 5.57 Å². The van der Waals surface area contributed by atoms with Crippen LogP contribution in [0.1, 0.15) is 13.8 Å². The van der Waals surface area contributed by atoms with Gasteiger partial charge in [-0.15, -0.1) is 0 Å². The Labute approximate surface area is 62.8 Å². The van der Waals surface area contributed by atoms with E-state index in [0.29, 0.717) is 6.61 Å². The fourth-order valence-electron chi connectivity index (χ4n) is 0.344. The van der Waals surface area contributed by atoms with Gasteiger partial charge in [0.05, 0.1) is 12.2 Å². The Morgan fingerprint density at radius 2 is 2.30 bits per heavy atom. The lowest BCUT2D eigenvalue weighted by Gasteiger charge is -1.96. The van der Waals surface area contributed by atoms with Crippen molar-refractivity contribution in [2.45, 2.75) is 13.8 Å². The molecule has 0 N–H and O–H groups in total. The molecule has 0 heterocycles. The average Bonchev–Trinajstić information content (AvgIpc) is 1.89. The van der Waals surface area contributed by atoms with E-state index in [1.54, 1.807) is 6.92 Å².